The number of carboxylic acid groups (broad SMARTS) is 1. The highest BCUT2D eigenvalue weighted by Crippen LogP contribution is 2.19. The van der Waals surface area contributed by atoms with E-state index in [4.69, 9.17) is 19.0 Å². The molecule has 0 aliphatic heterocycles. The van der Waals surface area contributed by atoms with E-state index in [1.807, 2.05) is 18.2 Å². The van der Waals surface area contributed by atoms with Gasteiger partial charge in [-0.1, -0.05) is 31.5 Å². The number of benzene rings is 1. The Kier molecular flexibility index (Phi) is 7.74. The third kappa shape index (κ3) is 5.95. The number of unbranched alkanes of at least 4 members (excludes halogenated alkanes) is 2. The van der Waals surface area contributed by atoms with Crippen LogP contribution < -0.4 is 14.9 Å². The number of hydrogen-bond donors (Lipinski definition) is 1. The number of ether oxygens (including phenoxy) is 2. The van der Waals surface area contributed by atoms with Crippen LogP contribution in [0, 0.1) is 0 Å². The van der Waals surface area contributed by atoms with Crippen LogP contribution in [0.5, 0.6) is 11.5 Å². The Hall–Kier alpha value is -2.76. The standard InChI is InChI=1S/C20H24O6/c1-2-8-15-9-4-5-10-17(15)24-11-6-3-7-12-25-19-14-26-18(20(22)23)13-16(19)21/h4-5,9-10,13-14H,2-3,6-8,11-12H2,1H3,(H,22,23). The SMILES string of the molecule is CCCc1ccccc1OCCCCCOc1coc(C(=O)O)cc1=O. The van der Waals surface area contributed by atoms with Crippen LogP contribution in [0.3, 0.4) is 0 Å². The van der Waals surface area contributed by atoms with E-state index in [1.54, 1.807) is 0 Å². The number of carbonyl (C=O) groups is 1. The zero-order chi connectivity index (χ0) is 18.8. The lowest BCUT2D eigenvalue weighted by molar-refractivity contribution is 0.0658. The second kappa shape index (κ2) is 10.3. The van der Waals surface area contributed by atoms with Crippen molar-refractivity contribution >= 4 is 5.97 Å². The number of hydrogen-bond acceptors (Lipinski definition) is 5. The summed E-state index contributed by atoms with van der Waals surface area (Å²) in [5.41, 5.74) is 0.736. The van der Waals surface area contributed by atoms with Crippen LogP contribution in [0.4, 0.5) is 0 Å². The molecule has 1 aromatic carbocycles. The first-order valence-corrected chi connectivity index (χ1v) is 8.81. The van der Waals surface area contributed by atoms with E-state index in [2.05, 4.69) is 13.0 Å². The molecule has 2 aromatic rings. The molecule has 1 aromatic heterocycles. The van der Waals surface area contributed by atoms with Crippen LogP contribution in [0.15, 0.2) is 45.8 Å². The molecule has 6 heteroatoms. The molecular weight excluding hydrogens is 336 g/mol. The first-order chi connectivity index (χ1) is 12.6. The van der Waals surface area contributed by atoms with Gasteiger partial charge in [0.05, 0.1) is 13.2 Å². The number of aryl methyl sites for hydroxylation is 1. The maximum absolute atomic E-state index is 11.7. The summed E-state index contributed by atoms with van der Waals surface area (Å²) in [6.07, 6.45) is 5.68. The van der Waals surface area contributed by atoms with E-state index in [0.29, 0.717) is 13.2 Å². The lowest BCUT2D eigenvalue weighted by Gasteiger charge is -2.11. The molecular formula is C20H24O6. The van der Waals surface area contributed by atoms with Crippen LogP contribution in [-0.2, 0) is 6.42 Å². The topological polar surface area (TPSA) is 86.0 Å². The second-order valence-electron chi connectivity index (χ2n) is 5.89. The molecule has 0 aliphatic rings. The van der Waals surface area contributed by atoms with Crippen molar-refractivity contribution in [3.05, 3.63) is 58.1 Å². The van der Waals surface area contributed by atoms with Gasteiger partial charge in [0.15, 0.2) is 0 Å². The van der Waals surface area contributed by atoms with Crippen molar-refractivity contribution in [3.8, 4) is 11.5 Å². The van der Waals surface area contributed by atoms with Crippen molar-refractivity contribution < 1.29 is 23.8 Å². The quantitative estimate of drug-likeness (QED) is 0.611. The Bertz CT molecular complexity index is 765. The Balaban J connectivity index is 1.66. The smallest absolute Gasteiger partial charge is 0.371 e. The Labute approximate surface area is 152 Å². The maximum Gasteiger partial charge on any atom is 0.371 e. The largest absolute Gasteiger partial charge is 0.493 e. The summed E-state index contributed by atoms with van der Waals surface area (Å²) in [4.78, 5) is 22.4. The monoisotopic (exact) mass is 360 g/mol. The molecule has 0 radical (unpaired) electrons. The fourth-order valence-corrected chi connectivity index (χ4v) is 2.48. The minimum atomic E-state index is -1.28. The first-order valence-electron chi connectivity index (χ1n) is 8.81. The highest BCUT2D eigenvalue weighted by atomic mass is 16.5. The zero-order valence-electron chi connectivity index (χ0n) is 14.9. The molecule has 1 N–H and O–H groups in total. The molecule has 0 bridgehead atoms. The van der Waals surface area contributed by atoms with E-state index in [-0.39, 0.29) is 5.75 Å². The van der Waals surface area contributed by atoms with Crippen molar-refractivity contribution in [1.29, 1.82) is 0 Å². The maximum atomic E-state index is 11.7. The molecule has 140 valence electrons. The fraction of sp³-hybridized carbons (Fsp3) is 0.400. The summed E-state index contributed by atoms with van der Waals surface area (Å²) in [5, 5.41) is 8.74. The van der Waals surface area contributed by atoms with Crippen LogP contribution >= 0.6 is 0 Å². The Morgan fingerprint density at radius 2 is 1.77 bits per heavy atom. The number of aromatic carboxylic acids is 1. The normalized spacial score (nSPS) is 10.5. The molecule has 1 heterocycles. The van der Waals surface area contributed by atoms with E-state index < -0.39 is 17.2 Å². The molecule has 0 saturated carbocycles. The minimum Gasteiger partial charge on any atom is -0.493 e. The van der Waals surface area contributed by atoms with Crippen LogP contribution in [0.1, 0.15) is 48.7 Å². The van der Waals surface area contributed by atoms with E-state index >= 15 is 0 Å². The number of para-hydroxylation sites is 1. The summed E-state index contributed by atoms with van der Waals surface area (Å²) in [6.45, 7) is 3.15. The highest BCUT2D eigenvalue weighted by molar-refractivity contribution is 5.84. The average molecular weight is 360 g/mol. The van der Waals surface area contributed by atoms with E-state index in [0.717, 1.165) is 50.2 Å². The molecule has 0 unspecified atom stereocenters. The van der Waals surface area contributed by atoms with Crippen LogP contribution in [0.25, 0.3) is 0 Å². The van der Waals surface area contributed by atoms with E-state index in [9.17, 15) is 9.59 Å². The van der Waals surface area contributed by atoms with Crippen LogP contribution in [-0.4, -0.2) is 24.3 Å². The fourth-order valence-electron chi connectivity index (χ4n) is 2.48. The highest BCUT2D eigenvalue weighted by Gasteiger charge is 2.10. The lowest BCUT2D eigenvalue weighted by Crippen LogP contribution is -2.11. The molecule has 0 saturated heterocycles. The summed E-state index contributed by atoms with van der Waals surface area (Å²) < 4.78 is 16.0. The van der Waals surface area contributed by atoms with Gasteiger partial charge in [-0.3, -0.25) is 4.79 Å². The molecule has 0 spiro atoms. The molecule has 0 aliphatic carbocycles. The van der Waals surface area contributed by atoms with Gasteiger partial charge in [-0.05, 0) is 37.3 Å². The van der Waals surface area contributed by atoms with Gasteiger partial charge in [0.2, 0.25) is 16.9 Å². The summed E-state index contributed by atoms with van der Waals surface area (Å²) in [5.74, 6) is -0.710. The minimum absolute atomic E-state index is 0.0275. The third-order valence-electron chi connectivity index (χ3n) is 3.80. The molecule has 0 atom stereocenters. The van der Waals surface area contributed by atoms with Gasteiger partial charge in [0.25, 0.3) is 0 Å². The van der Waals surface area contributed by atoms with Crippen molar-refractivity contribution in [2.45, 2.75) is 39.0 Å². The molecule has 2 rings (SSSR count). The van der Waals surface area contributed by atoms with Crippen molar-refractivity contribution in [1.82, 2.24) is 0 Å². The van der Waals surface area contributed by atoms with Gasteiger partial charge in [-0.2, -0.15) is 0 Å². The lowest BCUT2D eigenvalue weighted by atomic mass is 10.1. The van der Waals surface area contributed by atoms with Crippen molar-refractivity contribution in [2.24, 2.45) is 0 Å². The van der Waals surface area contributed by atoms with Gasteiger partial charge in [-0.25, -0.2) is 4.79 Å². The van der Waals surface area contributed by atoms with Crippen molar-refractivity contribution in [3.63, 3.8) is 0 Å². The van der Waals surface area contributed by atoms with Gasteiger partial charge < -0.3 is 19.0 Å². The first kappa shape index (κ1) is 19.6. The third-order valence-corrected chi connectivity index (χ3v) is 3.80. The van der Waals surface area contributed by atoms with Crippen LogP contribution in [0.2, 0.25) is 0 Å². The second-order valence-corrected chi connectivity index (χ2v) is 5.89. The predicted molar refractivity (Wildman–Crippen MR) is 97.2 cm³/mol. The Morgan fingerprint density at radius 1 is 1.08 bits per heavy atom. The predicted octanol–water partition coefficient (Wildman–Crippen LogP) is 3.92. The van der Waals surface area contributed by atoms with Gasteiger partial charge in [-0.15, -0.1) is 0 Å². The van der Waals surface area contributed by atoms with Gasteiger partial charge in [0, 0.05) is 6.07 Å². The Morgan fingerprint density at radius 3 is 2.42 bits per heavy atom. The molecule has 0 amide bonds. The summed E-state index contributed by atoms with van der Waals surface area (Å²) in [7, 11) is 0. The van der Waals surface area contributed by atoms with Gasteiger partial charge >= 0.3 is 5.97 Å². The zero-order valence-corrected chi connectivity index (χ0v) is 14.9. The molecule has 26 heavy (non-hydrogen) atoms. The van der Waals surface area contributed by atoms with Gasteiger partial charge in [0.1, 0.15) is 12.0 Å². The molecule has 0 fully saturated rings. The van der Waals surface area contributed by atoms with Crippen molar-refractivity contribution in [2.75, 3.05) is 13.2 Å². The summed E-state index contributed by atoms with van der Waals surface area (Å²) >= 11 is 0. The van der Waals surface area contributed by atoms with E-state index in [1.165, 1.54) is 5.56 Å². The molecule has 6 nitrogen and oxygen atoms in total. The number of carboxylic acids is 1. The summed E-state index contributed by atoms with van der Waals surface area (Å²) in [6, 6.07) is 9.00. The number of rotatable bonds is 11. The average Bonchev–Trinajstić information content (AvgIpc) is 2.63.